The molecule has 1 fully saturated rings. The summed E-state index contributed by atoms with van der Waals surface area (Å²) in [5.74, 6) is -0.141. The number of pyridine rings is 1. The molecule has 0 saturated heterocycles. The van der Waals surface area contributed by atoms with Crippen molar-refractivity contribution in [1.82, 2.24) is 15.2 Å². The zero-order valence-corrected chi connectivity index (χ0v) is 17.6. The fourth-order valence-corrected chi connectivity index (χ4v) is 4.20. The van der Waals surface area contributed by atoms with Gasteiger partial charge in [0.15, 0.2) is 0 Å². The molecular formula is C21H18BrF3N4O. The highest BCUT2D eigenvalue weighted by Gasteiger charge is 2.48. The van der Waals surface area contributed by atoms with E-state index in [1.807, 2.05) is 0 Å². The van der Waals surface area contributed by atoms with E-state index in [4.69, 9.17) is 4.74 Å². The smallest absolute Gasteiger partial charge is 0.148 e. The lowest BCUT2D eigenvalue weighted by atomic mass is 9.65. The molecule has 0 radical (unpaired) electrons. The van der Waals surface area contributed by atoms with E-state index in [1.165, 1.54) is 31.5 Å². The molecule has 9 heteroatoms. The number of methoxy groups -OCH3 is 1. The van der Waals surface area contributed by atoms with Gasteiger partial charge in [0.05, 0.1) is 23.0 Å². The lowest BCUT2D eigenvalue weighted by Crippen LogP contribution is -2.49. The van der Waals surface area contributed by atoms with Gasteiger partial charge in [-0.05, 0) is 59.1 Å². The third-order valence-electron chi connectivity index (χ3n) is 5.28. The van der Waals surface area contributed by atoms with E-state index in [-0.39, 0.29) is 30.6 Å². The first-order valence-corrected chi connectivity index (χ1v) is 10.1. The molecule has 1 saturated carbocycles. The van der Waals surface area contributed by atoms with Crippen molar-refractivity contribution in [3.8, 4) is 17.0 Å². The number of aromatic nitrogens is 3. The Morgan fingerprint density at radius 3 is 2.60 bits per heavy atom. The molecule has 0 aliphatic heterocycles. The highest BCUT2D eigenvalue weighted by atomic mass is 79.9. The maximum Gasteiger partial charge on any atom is 0.148 e. The van der Waals surface area contributed by atoms with E-state index in [0.717, 1.165) is 0 Å². The minimum absolute atomic E-state index is 0.185. The lowest BCUT2D eigenvalue weighted by Gasteiger charge is -2.44. The van der Waals surface area contributed by atoms with Crippen molar-refractivity contribution in [1.29, 1.82) is 0 Å². The first kappa shape index (κ1) is 20.6. The number of nitrogens with one attached hydrogen (secondary N) is 1. The first-order valence-electron chi connectivity index (χ1n) is 9.28. The molecule has 0 unspecified atom stereocenters. The molecule has 1 N–H and O–H groups in total. The maximum atomic E-state index is 14.4. The van der Waals surface area contributed by atoms with Crippen molar-refractivity contribution < 1.29 is 17.9 Å². The van der Waals surface area contributed by atoms with Crippen molar-refractivity contribution in [3.63, 3.8) is 0 Å². The van der Waals surface area contributed by atoms with Gasteiger partial charge in [0.1, 0.15) is 29.4 Å². The van der Waals surface area contributed by atoms with Crippen LogP contribution in [0.2, 0.25) is 0 Å². The number of anilines is 1. The summed E-state index contributed by atoms with van der Waals surface area (Å²) < 4.78 is 47.9. The van der Waals surface area contributed by atoms with Gasteiger partial charge in [-0.25, -0.2) is 13.2 Å². The lowest BCUT2D eigenvalue weighted by molar-refractivity contribution is 0.0964. The summed E-state index contributed by atoms with van der Waals surface area (Å²) in [6, 6.07) is 8.94. The van der Waals surface area contributed by atoms with Gasteiger partial charge in [0, 0.05) is 29.8 Å². The molecule has 3 aromatic rings. The molecule has 5 nitrogen and oxygen atoms in total. The Bertz CT molecular complexity index is 1060. The Labute approximate surface area is 179 Å². The molecule has 4 rings (SSSR count). The van der Waals surface area contributed by atoms with E-state index >= 15 is 0 Å². The summed E-state index contributed by atoms with van der Waals surface area (Å²) in [4.78, 5) is 4.13. The Balaban J connectivity index is 1.52. The standard InChI is InChI=1S/C21H18BrF3N4O/c1-30-18-8-16(25)13(7-14(18)22)17-4-5-19(29-28-17)27-11-21(9-12(23)10-21)20-15(24)3-2-6-26-20/h2-8,12H,9-11H2,1H3,(H,27,29)/t12-,21-. The average molecular weight is 479 g/mol. The predicted molar refractivity (Wildman–Crippen MR) is 110 cm³/mol. The van der Waals surface area contributed by atoms with Crippen LogP contribution in [-0.2, 0) is 5.41 Å². The van der Waals surface area contributed by atoms with Crippen LogP contribution in [0.5, 0.6) is 5.75 Å². The second kappa shape index (κ2) is 8.22. The Morgan fingerprint density at radius 1 is 1.17 bits per heavy atom. The second-order valence-corrected chi connectivity index (χ2v) is 8.10. The van der Waals surface area contributed by atoms with E-state index in [2.05, 4.69) is 36.4 Å². The van der Waals surface area contributed by atoms with Crippen molar-refractivity contribution in [2.45, 2.75) is 24.4 Å². The third-order valence-corrected chi connectivity index (χ3v) is 5.89. The molecule has 0 atom stereocenters. The summed E-state index contributed by atoms with van der Waals surface area (Å²) in [5.41, 5.74) is 0.131. The SMILES string of the molecule is COc1cc(F)c(-c2ccc(NC[C@]3(c4ncccc4F)C[C@H](F)C3)nn2)cc1Br. The van der Waals surface area contributed by atoms with Crippen LogP contribution in [0.4, 0.5) is 19.0 Å². The largest absolute Gasteiger partial charge is 0.495 e. The van der Waals surface area contributed by atoms with Crippen molar-refractivity contribution >= 4 is 21.7 Å². The summed E-state index contributed by atoms with van der Waals surface area (Å²) in [5, 5.41) is 11.2. The minimum atomic E-state index is -0.988. The average Bonchev–Trinajstić information content (AvgIpc) is 2.72. The summed E-state index contributed by atoms with van der Waals surface area (Å²) >= 11 is 3.33. The fraction of sp³-hybridized carbons (Fsp3) is 0.286. The molecule has 1 aliphatic rings. The molecule has 0 amide bonds. The summed E-state index contributed by atoms with van der Waals surface area (Å²) in [6.45, 7) is 0.262. The normalized spacial score (nSPS) is 20.5. The van der Waals surface area contributed by atoms with E-state index in [0.29, 0.717) is 21.7 Å². The van der Waals surface area contributed by atoms with Gasteiger partial charge < -0.3 is 10.1 Å². The van der Waals surface area contributed by atoms with Crippen LogP contribution in [-0.4, -0.2) is 35.0 Å². The number of halogens is 4. The maximum absolute atomic E-state index is 14.4. The fourth-order valence-electron chi connectivity index (χ4n) is 3.70. The second-order valence-electron chi connectivity index (χ2n) is 7.24. The third kappa shape index (κ3) is 3.86. The molecule has 0 bridgehead atoms. The van der Waals surface area contributed by atoms with Crippen LogP contribution < -0.4 is 10.1 Å². The molecule has 30 heavy (non-hydrogen) atoms. The minimum Gasteiger partial charge on any atom is -0.495 e. The predicted octanol–water partition coefficient (Wildman–Crippen LogP) is 5.07. The van der Waals surface area contributed by atoms with Crippen LogP contribution in [0.25, 0.3) is 11.3 Å². The summed E-state index contributed by atoms with van der Waals surface area (Å²) in [7, 11) is 1.45. The highest BCUT2D eigenvalue weighted by Crippen LogP contribution is 2.45. The number of nitrogens with zero attached hydrogens (tertiary/aromatic N) is 3. The van der Waals surface area contributed by atoms with Crippen molar-refractivity contribution in [2.75, 3.05) is 19.0 Å². The zero-order valence-electron chi connectivity index (χ0n) is 16.0. The van der Waals surface area contributed by atoms with Crippen molar-refractivity contribution in [3.05, 3.63) is 64.4 Å². The van der Waals surface area contributed by atoms with Gasteiger partial charge in [0.25, 0.3) is 0 Å². The number of ether oxygens (including phenoxy) is 1. The van der Waals surface area contributed by atoms with E-state index in [1.54, 1.807) is 18.2 Å². The number of benzene rings is 1. The Hall–Kier alpha value is -2.68. The Morgan fingerprint density at radius 2 is 1.97 bits per heavy atom. The van der Waals surface area contributed by atoms with Crippen LogP contribution in [0.1, 0.15) is 18.5 Å². The molecule has 2 heterocycles. The quantitative estimate of drug-likeness (QED) is 0.535. The van der Waals surface area contributed by atoms with Crippen LogP contribution in [0.15, 0.2) is 47.1 Å². The molecule has 1 aliphatic carbocycles. The van der Waals surface area contributed by atoms with Gasteiger partial charge in [-0.15, -0.1) is 10.2 Å². The zero-order chi connectivity index (χ0) is 21.3. The van der Waals surface area contributed by atoms with E-state index in [9.17, 15) is 13.2 Å². The molecule has 1 aromatic carbocycles. The number of hydrogen-bond acceptors (Lipinski definition) is 5. The number of rotatable bonds is 6. The number of alkyl halides is 1. The van der Waals surface area contributed by atoms with Crippen LogP contribution in [0.3, 0.4) is 0 Å². The van der Waals surface area contributed by atoms with Gasteiger partial charge in [0.2, 0.25) is 0 Å². The number of hydrogen-bond donors (Lipinski definition) is 1. The van der Waals surface area contributed by atoms with Crippen LogP contribution in [0, 0.1) is 11.6 Å². The topological polar surface area (TPSA) is 59.9 Å². The molecule has 2 aromatic heterocycles. The van der Waals surface area contributed by atoms with Gasteiger partial charge in [-0.2, -0.15) is 0 Å². The van der Waals surface area contributed by atoms with E-state index < -0.39 is 23.2 Å². The monoisotopic (exact) mass is 478 g/mol. The molecular weight excluding hydrogens is 461 g/mol. The first-order chi connectivity index (χ1) is 14.4. The summed E-state index contributed by atoms with van der Waals surface area (Å²) in [6.07, 6.45) is 0.884. The highest BCUT2D eigenvalue weighted by molar-refractivity contribution is 9.10. The Kier molecular flexibility index (Phi) is 5.64. The van der Waals surface area contributed by atoms with Crippen molar-refractivity contribution in [2.24, 2.45) is 0 Å². The van der Waals surface area contributed by atoms with Crippen LogP contribution >= 0.6 is 15.9 Å². The van der Waals surface area contributed by atoms with Gasteiger partial charge in [-0.3, -0.25) is 4.98 Å². The molecule has 156 valence electrons. The molecule has 0 spiro atoms. The van der Waals surface area contributed by atoms with Gasteiger partial charge in [-0.1, -0.05) is 0 Å². The van der Waals surface area contributed by atoms with Gasteiger partial charge >= 0.3 is 0 Å².